The van der Waals surface area contributed by atoms with Crippen molar-refractivity contribution >= 4 is 23.2 Å². The molecule has 0 unspecified atom stereocenters. The van der Waals surface area contributed by atoms with Crippen molar-refractivity contribution in [3.8, 4) is 11.5 Å². The third kappa shape index (κ3) is 1.48. The van der Waals surface area contributed by atoms with Gasteiger partial charge in [0.15, 0.2) is 6.61 Å². The molecule has 0 spiro atoms. The molecule has 1 aliphatic heterocycles. The first-order valence-electron chi connectivity index (χ1n) is 4.01. The molecular formula is C9H8ClNO3. The number of carbonyl (C=O) groups excluding carboxylic acids is 1. The summed E-state index contributed by atoms with van der Waals surface area (Å²) in [6.45, 7) is 0.0235. The van der Waals surface area contributed by atoms with E-state index >= 15 is 0 Å². The Labute approximate surface area is 85.8 Å². The summed E-state index contributed by atoms with van der Waals surface area (Å²) in [6, 6.07) is 3.25. The second-order valence-corrected chi connectivity index (χ2v) is 3.23. The van der Waals surface area contributed by atoms with Gasteiger partial charge in [-0.05, 0) is 0 Å². The minimum absolute atomic E-state index is 0.0235. The molecule has 0 aromatic heterocycles. The van der Waals surface area contributed by atoms with E-state index in [9.17, 15) is 4.79 Å². The molecule has 0 bridgehead atoms. The van der Waals surface area contributed by atoms with Gasteiger partial charge in [-0.1, -0.05) is 11.6 Å². The number of hydrogen-bond donors (Lipinski definition) is 1. The number of carbonyl (C=O) groups is 1. The van der Waals surface area contributed by atoms with Crippen LogP contribution in [0.25, 0.3) is 0 Å². The summed E-state index contributed by atoms with van der Waals surface area (Å²) >= 11 is 5.88. The first-order valence-corrected chi connectivity index (χ1v) is 4.38. The van der Waals surface area contributed by atoms with Crippen LogP contribution in [0, 0.1) is 0 Å². The molecule has 14 heavy (non-hydrogen) atoms. The maximum absolute atomic E-state index is 11.0. The summed E-state index contributed by atoms with van der Waals surface area (Å²) in [5, 5.41) is 3.12. The molecule has 2 rings (SSSR count). The third-order valence-electron chi connectivity index (χ3n) is 1.89. The largest absolute Gasteiger partial charge is 0.495 e. The minimum atomic E-state index is -0.179. The monoisotopic (exact) mass is 213 g/mol. The molecule has 1 N–H and O–H groups in total. The summed E-state index contributed by atoms with van der Waals surface area (Å²) in [5.74, 6) is 0.897. The lowest BCUT2D eigenvalue weighted by atomic mass is 10.2. The highest BCUT2D eigenvalue weighted by atomic mass is 35.5. The normalized spacial score (nSPS) is 14.0. The molecule has 1 aromatic rings. The molecule has 0 fully saturated rings. The van der Waals surface area contributed by atoms with E-state index in [1.165, 1.54) is 7.11 Å². The van der Waals surface area contributed by atoms with Crippen molar-refractivity contribution in [1.29, 1.82) is 0 Å². The molecule has 0 aliphatic carbocycles. The Bertz CT molecular complexity index is 392. The van der Waals surface area contributed by atoms with Crippen molar-refractivity contribution in [3.63, 3.8) is 0 Å². The van der Waals surface area contributed by atoms with E-state index in [2.05, 4.69) is 5.32 Å². The van der Waals surface area contributed by atoms with Crippen molar-refractivity contribution in [2.24, 2.45) is 0 Å². The van der Waals surface area contributed by atoms with Crippen LogP contribution in [-0.4, -0.2) is 19.6 Å². The fourth-order valence-corrected chi connectivity index (χ4v) is 1.47. The first-order chi connectivity index (χ1) is 6.70. The third-order valence-corrected chi connectivity index (χ3v) is 2.18. The maximum atomic E-state index is 11.0. The zero-order valence-electron chi connectivity index (χ0n) is 7.46. The standard InChI is InChI=1S/C9H8ClNO3/c1-13-7-3-6-8(2-5(7)10)14-4-9(12)11-6/h2-3H,4H2,1H3,(H,11,12). The van der Waals surface area contributed by atoms with E-state index in [-0.39, 0.29) is 12.5 Å². The fourth-order valence-electron chi connectivity index (χ4n) is 1.24. The molecule has 0 radical (unpaired) electrons. The summed E-state index contributed by atoms with van der Waals surface area (Å²) < 4.78 is 10.2. The Morgan fingerprint density at radius 1 is 1.57 bits per heavy atom. The van der Waals surface area contributed by atoms with Crippen molar-refractivity contribution in [3.05, 3.63) is 17.2 Å². The molecule has 0 saturated heterocycles. The van der Waals surface area contributed by atoms with Crippen LogP contribution in [0.4, 0.5) is 5.69 Å². The number of hydrogen-bond acceptors (Lipinski definition) is 3. The molecule has 1 heterocycles. The molecule has 1 aliphatic rings. The highest BCUT2D eigenvalue weighted by Crippen LogP contribution is 2.37. The molecule has 0 saturated carbocycles. The van der Waals surface area contributed by atoms with E-state index in [0.29, 0.717) is 22.2 Å². The second-order valence-electron chi connectivity index (χ2n) is 2.82. The van der Waals surface area contributed by atoms with E-state index in [1.54, 1.807) is 12.1 Å². The van der Waals surface area contributed by atoms with Gasteiger partial charge < -0.3 is 14.8 Å². The highest BCUT2D eigenvalue weighted by molar-refractivity contribution is 6.32. The minimum Gasteiger partial charge on any atom is -0.495 e. The quantitative estimate of drug-likeness (QED) is 0.772. The van der Waals surface area contributed by atoms with Crippen LogP contribution in [0.2, 0.25) is 5.02 Å². The van der Waals surface area contributed by atoms with Crippen molar-refractivity contribution < 1.29 is 14.3 Å². The number of methoxy groups -OCH3 is 1. The zero-order chi connectivity index (χ0) is 10.1. The van der Waals surface area contributed by atoms with Crippen molar-refractivity contribution in [2.45, 2.75) is 0 Å². The van der Waals surface area contributed by atoms with Crippen LogP contribution in [0.1, 0.15) is 0 Å². The summed E-state index contributed by atoms with van der Waals surface area (Å²) in [4.78, 5) is 11.0. The second kappa shape index (κ2) is 3.38. The lowest BCUT2D eigenvalue weighted by Gasteiger charge is -2.18. The van der Waals surface area contributed by atoms with Gasteiger partial charge in [-0.15, -0.1) is 0 Å². The van der Waals surface area contributed by atoms with Crippen LogP contribution in [0.5, 0.6) is 11.5 Å². The van der Waals surface area contributed by atoms with Gasteiger partial charge >= 0.3 is 0 Å². The van der Waals surface area contributed by atoms with E-state index in [4.69, 9.17) is 21.1 Å². The smallest absolute Gasteiger partial charge is 0.262 e. The number of anilines is 1. The van der Waals surface area contributed by atoms with E-state index in [0.717, 1.165) is 0 Å². The molecular weight excluding hydrogens is 206 g/mol. The number of fused-ring (bicyclic) bond motifs is 1. The van der Waals surface area contributed by atoms with Gasteiger partial charge in [0.05, 0.1) is 17.8 Å². The number of ether oxygens (including phenoxy) is 2. The topological polar surface area (TPSA) is 47.6 Å². The van der Waals surface area contributed by atoms with Gasteiger partial charge in [-0.2, -0.15) is 0 Å². The lowest BCUT2D eigenvalue weighted by molar-refractivity contribution is -0.118. The fraction of sp³-hybridized carbons (Fsp3) is 0.222. The number of halogens is 1. The molecule has 1 amide bonds. The molecule has 0 atom stereocenters. The van der Waals surface area contributed by atoms with Gasteiger partial charge in [0, 0.05) is 12.1 Å². The molecule has 74 valence electrons. The predicted octanol–water partition coefficient (Wildman–Crippen LogP) is 1.68. The van der Waals surface area contributed by atoms with Crippen molar-refractivity contribution in [1.82, 2.24) is 0 Å². The van der Waals surface area contributed by atoms with E-state index < -0.39 is 0 Å². The molecule has 1 aromatic carbocycles. The van der Waals surface area contributed by atoms with Crippen LogP contribution in [-0.2, 0) is 4.79 Å². The highest BCUT2D eigenvalue weighted by Gasteiger charge is 2.18. The SMILES string of the molecule is COc1cc2c(cc1Cl)OCC(=O)N2. The number of benzene rings is 1. The Morgan fingerprint density at radius 3 is 3.07 bits per heavy atom. The average molecular weight is 214 g/mol. The lowest BCUT2D eigenvalue weighted by Crippen LogP contribution is -2.25. The Morgan fingerprint density at radius 2 is 2.36 bits per heavy atom. The predicted molar refractivity (Wildman–Crippen MR) is 52.1 cm³/mol. The Kier molecular flexibility index (Phi) is 2.21. The Balaban J connectivity index is 2.46. The number of rotatable bonds is 1. The van der Waals surface area contributed by atoms with Crippen LogP contribution in [0.15, 0.2) is 12.1 Å². The summed E-state index contributed by atoms with van der Waals surface area (Å²) in [7, 11) is 1.51. The van der Waals surface area contributed by atoms with Gasteiger partial charge in [-0.25, -0.2) is 0 Å². The van der Waals surface area contributed by atoms with Gasteiger partial charge in [0.1, 0.15) is 11.5 Å². The van der Waals surface area contributed by atoms with Crippen molar-refractivity contribution in [2.75, 3.05) is 19.0 Å². The number of nitrogens with one attached hydrogen (secondary N) is 1. The van der Waals surface area contributed by atoms with Gasteiger partial charge in [0.25, 0.3) is 5.91 Å². The first kappa shape index (κ1) is 9.15. The Hall–Kier alpha value is -1.42. The van der Waals surface area contributed by atoms with Crippen LogP contribution < -0.4 is 14.8 Å². The summed E-state index contributed by atoms with van der Waals surface area (Å²) in [6.07, 6.45) is 0. The molecule has 4 nitrogen and oxygen atoms in total. The zero-order valence-corrected chi connectivity index (χ0v) is 8.22. The number of amides is 1. The maximum Gasteiger partial charge on any atom is 0.262 e. The average Bonchev–Trinajstić information content (AvgIpc) is 2.17. The summed E-state index contributed by atoms with van der Waals surface area (Å²) in [5.41, 5.74) is 0.586. The molecule has 5 heteroatoms. The van der Waals surface area contributed by atoms with E-state index in [1.807, 2.05) is 0 Å². The van der Waals surface area contributed by atoms with Gasteiger partial charge in [0.2, 0.25) is 0 Å². The van der Waals surface area contributed by atoms with Crippen LogP contribution >= 0.6 is 11.6 Å². The van der Waals surface area contributed by atoms with Gasteiger partial charge in [-0.3, -0.25) is 4.79 Å². The van der Waals surface area contributed by atoms with Crippen LogP contribution in [0.3, 0.4) is 0 Å².